The summed E-state index contributed by atoms with van der Waals surface area (Å²) < 4.78 is 52.7. The first-order chi connectivity index (χ1) is 12.7. The number of halogens is 5. The zero-order chi connectivity index (χ0) is 19.6. The summed E-state index contributed by atoms with van der Waals surface area (Å²) in [5.74, 6) is -1.69. The van der Waals surface area contributed by atoms with Crippen LogP contribution in [0.2, 0.25) is 0 Å². The second-order valence-electron chi connectivity index (χ2n) is 6.64. The Labute approximate surface area is 162 Å². The molecule has 1 N–H and O–H groups in total. The Morgan fingerprint density at radius 1 is 1.19 bits per heavy atom. The third kappa shape index (κ3) is 4.86. The fourth-order valence-corrected chi connectivity index (χ4v) is 3.59. The predicted molar refractivity (Wildman–Crippen MR) is 96.7 cm³/mol. The molecule has 2 aromatic rings. The lowest BCUT2D eigenvalue weighted by molar-refractivity contribution is -0.137. The lowest BCUT2D eigenvalue weighted by Crippen LogP contribution is -2.28. The molecule has 1 aliphatic rings. The Hall–Kier alpha value is -1.96. The van der Waals surface area contributed by atoms with Crippen LogP contribution < -0.4 is 5.32 Å². The first kappa shape index (κ1) is 19.8. The third-order valence-electron chi connectivity index (χ3n) is 4.77. The van der Waals surface area contributed by atoms with Crippen LogP contribution in [-0.2, 0) is 11.0 Å². The summed E-state index contributed by atoms with van der Waals surface area (Å²) in [6.07, 6.45) is 0.0428. The van der Waals surface area contributed by atoms with E-state index in [0.717, 1.165) is 35.1 Å². The van der Waals surface area contributed by atoms with Gasteiger partial charge in [-0.2, -0.15) is 13.2 Å². The van der Waals surface area contributed by atoms with Crippen molar-refractivity contribution in [3.05, 3.63) is 58.1 Å². The molecule has 8 heteroatoms. The van der Waals surface area contributed by atoms with Gasteiger partial charge in [0.05, 0.1) is 11.3 Å². The number of alkyl halides is 3. The number of carbonyl (C=O) groups excluding carboxylic acids is 1. The van der Waals surface area contributed by atoms with Gasteiger partial charge in [-0.25, -0.2) is 4.39 Å². The van der Waals surface area contributed by atoms with E-state index < -0.39 is 17.6 Å². The summed E-state index contributed by atoms with van der Waals surface area (Å²) in [7, 11) is 0. The van der Waals surface area contributed by atoms with Crippen molar-refractivity contribution in [2.45, 2.75) is 37.8 Å². The van der Waals surface area contributed by atoms with Gasteiger partial charge in [0.15, 0.2) is 0 Å². The number of pyridine rings is 1. The normalized spacial score (nSPS) is 20.3. The SMILES string of the molecule is O=C(Nc1ccc(C(F)(F)F)cc1F)C1CCCC(c2ccc(Br)cn2)C1. The number of hydrogen-bond acceptors (Lipinski definition) is 2. The van der Waals surface area contributed by atoms with Gasteiger partial charge in [0.25, 0.3) is 0 Å². The summed E-state index contributed by atoms with van der Waals surface area (Å²) in [5.41, 5.74) is -0.426. The minimum Gasteiger partial charge on any atom is -0.323 e. The highest BCUT2D eigenvalue weighted by Gasteiger charge is 2.32. The molecule has 0 aliphatic heterocycles. The van der Waals surface area contributed by atoms with Crippen molar-refractivity contribution in [1.82, 2.24) is 4.98 Å². The van der Waals surface area contributed by atoms with Gasteiger partial charge in [-0.15, -0.1) is 0 Å². The molecule has 0 saturated heterocycles. The number of aromatic nitrogens is 1. The number of hydrogen-bond donors (Lipinski definition) is 1. The van der Waals surface area contributed by atoms with Crippen molar-refractivity contribution in [2.75, 3.05) is 5.32 Å². The monoisotopic (exact) mass is 444 g/mol. The first-order valence-electron chi connectivity index (χ1n) is 8.53. The maximum atomic E-state index is 14.0. The van der Waals surface area contributed by atoms with E-state index in [9.17, 15) is 22.4 Å². The number of rotatable bonds is 3. The maximum Gasteiger partial charge on any atom is 0.416 e. The van der Waals surface area contributed by atoms with Gasteiger partial charge in [0.1, 0.15) is 5.82 Å². The summed E-state index contributed by atoms with van der Waals surface area (Å²) in [4.78, 5) is 16.9. The standard InChI is InChI=1S/C19H17BrF4N2O/c20-14-5-7-16(25-10-14)11-2-1-3-12(8-11)18(27)26-17-6-4-13(9-15(17)21)19(22,23)24/h4-7,9-12H,1-3,8H2,(H,26,27). The van der Waals surface area contributed by atoms with Gasteiger partial charge in [0, 0.05) is 28.2 Å². The van der Waals surface area contributed by atoms with Gasteiger partial charge in [-0.1, -0.05) is 6.42 Å². The summed E-state index contributed by atoms with van der Waals surface area (Å²) in [6, 6.07) is 5.90. The van der Waals surface area contributed by atoms with Crippen molar-refractivity contribution in [3.8, 4) is 0 Å². The van der Waals surface area contributed by atoms with E-state index in [1.807, 2.05) is 12.1 Å². The third-order valence-corrected chi connectivity index (χ3v) is 5.24. The Morgan fingerprint density at radius 3 is 2.59 bits per heavy atom. The van der Waals surface area contributed by atoms with Gasteiger partial charge in [-0.05, 0) is 65.5 Å². The lowest BCUT2D eigenvalue weighted by Gasteiger charge is -2.28. The lowest BCUT2D eigenvalue weighted by atomic mass is 9.79. The van der Waals surface area contributed by atoms with E-state index >= 15 is 0 Å². The van der Waals surface area contributed by atoms with E-state index in [-0.39, 0.29) is 23.4 Å². The molecule has 0 radical (unpaired) electrons. The minimum absolute atomic E-state index is 0.125. The van der Waals surface area contributed by atoms with Gasteiger partial charge in [-0.3, -0.25) is 9.78 Å². The van der Waals surface area contributed by atoms with Gasteiger partial charge >= 0.3 is 6.18 Å². The maximum absolute atomic E-state index is 14.0. The molecule has 2 atom stereocenters. The second-order valence-corrected chi connectivity index (χ2v) is 7.56. The number of amides is 1. The number of nitrogens with one attached hydrogen (secondary N) is 1. The van der Waals surface area contributed by atoms with E-state index in [2.05, 4.69) is 26.2 Å². The summed E-state index contributed by atoms with van der Waals surface area (Å²) in [5, 5.41) is 2.43. The number of nitrogens with zero attached hydrogens (tertiary/aromatic N) is 1. The van der Waals surface area contributed by atoms with Crippen LogP contribution in [0.15, 0.2) is 41.0 Å². The van der Waals surface area contributed by atoms with Crippen molar-refractivity contribution < 1.29 is 22.4 Å². The Kier molecular flexibility index (Phi) is 5.83. The van der Waals surface area contributed by atoms with E-state index in [0.29, 0.717) is 18.9 Å². The van der Waals surface area contributed by atoms with Crippen LogP contribution in [0.4, 0.5) is 23.2 Å². The van der Waals surface area contributed by atoms with E-state index in [1.165, 1.54) is 0 Å². The molecule has 1 aromatic heterocycles. The number of benzene rings is 1. The van der Waals surface area contributed by atoms with Crippen molar-refractivity contribution in [3.63, 3.8) is 0 Å². The predicted octanol–water partition coefficient (Wildman–Crippen LogP) is 5.91. The number of carbonyl (C=O) groups is 1. The van der Waals surface area contributed by atoms with Crippen LogP contribution in [-0.4, -0.2) is 10.9 Å². The van der Waals surface area contributed by atoms with Crippen LogP contribution in [0.3, 0.4) is 0 Å². The highest BCUT2D eigenvalue weighted by Crippen LogP contribution is 2.37. The number of anilines is 1. The van der Waals surface area contributed by atoms with Crippen LogP contribution in [0, 0.1) is 11.7 Å². The van der Waals surface area contributed by atoms with Gasteiger partial charge < -0.3 is 5.32 Å². The van der Waals surface area contributed by atoms with Crippen LogP contribution in [0.25, 0.3) is 0 Å². The zero-order valence-electron chi connectivity index (χ0n) is 14.2. The smallest absolute Gasteiger partial charge is 0.323 e. The largest absolute Gasteiger partial charge is 0.416 e. The molecule has 1 aromatic carbocycles. The zero-order valence-corrected chi connectivity index (χ0v) is 15.8. The van der Waals surface area contributed by atoms with Crippen LogP contribution >= 0.6 is 15.9 Å². The van der Waals surface area contributed by atoms with E-state index in [1.54, 1.807) is 6.20 Å². The van der Waals surface area contributed by atoms with Crippen LogP contribution in [0.1, 0.15) is 42.9 Å². The van der Waals surface area contributed by atoms with Crippen molar-refractivity contribution in [2.24, 2.45) is 5.92 Å². The molecule has 3 nitrogen and oxygen atoms in total. The molecule has 1 heterocycles. The highest BCUT2D eigenvalue weighted by atomic mass is 79.9. The Morgan fingerprint density at radius 2 is 1.96 bits per heavy atom. The molecular weight excluding hydrogens is 428 g/mol. The molecule has 144 valence electrons. The topological polar surface area (TPSA) is 42.0 Å². The van der Waals surface area contributed by atoms with Crippen molar-refractivity contribution in [1.29, 1.82) is 0 Å². The molecule has 1 fully saturated rings. The average molecular weight is 445 g/mol. The molecule has 1 aliphatic carbocycles. The Bertz CT molecular complexity index is 823. The summed E-state index contributed by atoms with van der Waals surface area (Å²) in [6.45, 7) is 0. The molecule has 1 amide bonds. The minimum atomic E-state index is -4.63. The molecule has 27 heavy (non-hydrogen) atoms. The molecule has 1 saturated carbocycles. The molecule has 0 spiro atoms. The van der Waals surface area contributed by atoms with E-state index in [4.69, 9.17) is 0 Å². The fraction of sp³-hybridized carbons (Fsp3) is 0.368. The highest BCUT2D eigenvalue weighted by molar-refractivity contribution is 9.10. The molecule has 2 unspecified atom stereocenters. The van der Waals surface area contributed by atoms with Crippen molar-refractivity contribution >= 4 is 27.5 Å². The van der Waals surface area contributed by atoms with Gasteiger partial charge in [0.2, 0.25) is 5.91 Å². The summed E-state index contributed by atoms with van der Waals surface area (Å²) >= 11 is 3.33. The molecule has 0 bridgehead atoms. The quantitative estimate of drug-likeness (QED) is 0.597. The Balaban J connectivity index is 1.68. The first-order valence-corrected chi connectivity index (χ1v) is 9.32. The molecular formula is C19H17BrF4N2O. The fourth-order valence-electron chi connectivity index (χ4n) is 3.35. The van der Waals surface area contributed by atoms with Crippen LogP contribution in [0.5, 0.6) is 0 Å². The second kappa shape index (κ2) is 7.96. The average Bonchev–Trinajstić information content (AvgIpc) is 2.63. The molecule has 3 rings (SSSR count).